The predicted molar refractivity (Wildman–Crippen MR) is 246 cm³/mol. The van der Waals surface area contributed by atoms with E-state index in [-0.39, 0.29) is 35.5 Å². The first kappa shape index (κ1) is 55.5. The predicted octanol–water partition coefficient (Wildman–Crippen LogP) is 4.84. The molecular weight excluding hydrogens is 967 g/mol. The van der Waals surface area contributed by atoms with E-state index in [0.717, 1.165) is 0 Å². The van der Waals surface area contributed by atoms with E-state index in [0.29, 0.717) is 57.8 Å². The van der Waals surface area contributed by atoms with Gasteiger partial charge in [-0.2, -0.15) is 15.8 Å². The number of nitrogens with zero attached hydrogens (tertiary/aromatic N) is 3. The molecule has 3 aliphatic heterocycles. The number of hydrogen-bond donors (Lipinski definition) is 0. The minimum absolute atomic E-state index is 0.0576. The molecule has 0 amide bonds. The van der Waals surface area contributed by atoms with E-state index in [1.165, 1.54) is 0 Å². The van der Waals surface area contributed by atoms with Crippen LogP contribution in [-0.4, -0.2) is 109 Å². The normalized spacial score (nSPS) is 37.5. The summed E-state index contributed by atoms with van der Waals surface area (Å²) in [5, 5.41) is 28.2. The molecule has 0 aromatic carbocycles. The molecule has 402 valence electrons. The van der Waals surface area contributed by atoms with E-state index >= 15 is 0 Å². The van der Waals surface area contributed by atoms with Gasteiger partial charge in [0.25, 0.3) is 0 Å². The summed E-state index contributed by atoms with van der Waals surface area (Å²) in [6, 6.07) is 6.35. The van der Waals surface area contributed by atoms with Gasteiger partial charge in [0.1, 0.15) is 30.0 Å². The molecule has 0 aromatic heterocycles. The molecule has 3 saturated heterocycles. The summed E-state index contributed by atoms with van der Waals surface area (Å²) in [4.78, 5) is 108. The zero-order valence-corrected chi connectivity index (χ0v) is 43.9. The molecule has 21 nitrogen and oxygen atoms in total. The highest BCUT2D eigenvalue weighted by atomic mass is 16.6. The lowest BCUT2D eigenvalue weighted by Crippen LogP contribution is -2.50. The summed E-state index contributed by atoms with van der Waals surface area (Å²) >= 11 is 0. The first-order valence-corrected chi connectivity index (χ1v) is 25.5. The molecule has 9 aliphatic rings. The largest absolute Gasteiger partial charge is 0.457 e. The molecule has 6 saturated carbocycles. The van der Waals surface area contributed by atoms with Crippen molar-refractivity contribution in [1.82, 2.24) is 0 Å². The van der Waals surface area contributed by atoms with Crippen molar-refractivity contribution >= 4 is 53.7 Å². The third-order valence-electron chi connectivity index (χ3n) is 18.5. The van der Waals surface area contributed by atoms with Crippen molar-refractivity contribution in [2.45, 2.75) is 170 Å². The van der Waals surface area contributed by atoms with Crippen LogP contribution in [0.1, 0.15) is 134 Å². The van der Waals surface area contributed by atoms with Gasteiger partial charge in [0.05, 0.1) is 34.5 Å². The van der Waals surface area contributed by atoms with Crippen molar-refractivity contribution in [1.29, 1.82) is 15.8 Å². The Hall–Kier alpha value is -6.30. The molecular formula is C53H67N3O18. The number of carbonyl (C=O) groups excluding carboxylic acids is 9. The Kier molecular flexibility index (Phi) is 14.3. The molecule has 0 aromatic rings. The van der Waals surface area contributed by atoms with Crippen LogP contribution >= 0.6 is 0 Å². The van der Waals surface area contributed by atoms with E-state index in [1.54, 1.807) is 55.4 Å². The standard InChI is InChI=1S/2C18H23NO6.C17H21NO6/c1-5-16(2,3)14(21)23-8-12(20)25-17(4)10-6-11-13(17)24-15(22)18(11,7-10)9-19;1-5-16(2,3)14(21)23-8-12(20)24-13-10-6-11-17(13,4)25-15(22)18(11,7-10)9-19;1-4-16(2,3)14(20)22-7-11(19)23-12-9-5-10-13(12)24-15(21)17(10,6-9)8-18/h2*10-11,13H,5-8H2,1-4H3;9-10,12-13H,4-7H2,1-3H3. The maximum absolute atomic E-state index is 12.2. The van der Waals surface area contributed by atoms with Crippen molar-refractivity contribution in [2.75, 3.05) is 19.8 Å². The lowest BCUT2D eigenvalue weighted by molar-refractivity contribution is -0.186. The number of hydrogen-bond acceptors (Lipinski definition) is 21. The second-order valence-electron chi connectivity index (χ2n) is 23.8. The molecule has 0 spiro atoms. The Bertz CT molecular complexity index is 2540. The van der Waals surface area contributed by atoms with Gasteiger partial charge in [-0.25, -0.2) is 14.4 Å². The Morgan fingerprint density at radius 3 is 1.58 bits per heavy atom. The van der Waals surface area contributed by atoms with Gasteiger partial charge in [-0.1, -0.05) is 20.8 Å². The van der Waals surface area contributed by atoms with Gasteiger partial charge in [0, 0.05) is 35.5 Å². The summed E-state index contributed by atoms with van der Waals surface area (Å²) < 4.78 is 47.8. The van der Waals surface area contributed by atoms with E-state index < -0.39 is 142 Å². The Morgan fingerprint density at radius 1 is 0.595 bits per heavy atom. The highest BCUT2D eigenvalue weighted by Gasteiger charge is 2.79. The number of carbonyl (C=O) groups is 9. The first-order valence-electron chi connectivity index (χ1n) is 25.5. The Morgan fingerprint density at radius 2 is 1.07 bits per heavy atom. The van der Waals surface area contributed by atoms with Crippen LogP contribution in [0.3, 0.4) is 0 Å². The minimum atomic E-state index is -1.10. The van der Waals surface area contributed by atoms with E-state index in [1.807, 2.05) is 20.8 Å². The summed E-state index contributed by atoms with van der Waals surface area (Å²) in [7, 11) is 0. The number of fused-ring (bicyclic) bond motifs is 3. The van der Waals surface area contributed by atoms with Crippen molar-refractivity contribution in [3.8, 4) is 18.2 Å². The average Bonchev–Trinajstić information content (AvgIpc) is 4.25. The van der Waals surface area contributed by atoms with Gasteiger partial charge >= 0.3 is 53.7 Å². The molecule has 0 radical (unpaired) electrons. The van der Waals surface area contributed by atoms with Gasteiger partial charge < -0.3 is 42.6 Å². The van der Waals surface area contributed by atoms with Crippen LogP contribution in [0.15, 0.2) is 0 Å². The third kappa shape index (κ3) is 8.71. The highest BCUT2D eigenvalue weighted by Crippen LogP contribution is 2.68. The monoisotopic (exact) mass is 1030 g/mol. The van der Waals surface area contributed by atoms with Crippen molar-refractivity contribution in [3.05, 3.63) is 0 Å². The molecule has 9 fully saturated rings. The zero-order valence-electron chi connectivity index (χ0n) is 43.9. The molecule has 9 rings (SSSR count). The number of rotatable bonds is 15. The average molecular weight is 1030 g/mol. The highest BCUT2D eigenvalue weighted by molar-refractivity contribution is 5.87. The number of ether oxygens (including phenoxy) is 9. The van der Waals surface area contributed by atoms with Crippen LogP contribution in [0.5, 0.6) is 0 Å². The third-order valence-corrected chi connectivity index (χ3v) is 18.5. The topological polar surface area (TPSA) is 308 Å². The molecule has 6 aliphatic carbocycles. The molecule has 15 unspecified atom stereocenters. The maximum atomic E-state index is 12.2. The van der Waals surface area contributed by atoms with Gasteiger partial charge in [-0.05, 0) is 113 Å². The molecule has 15 atom stereocenters. The van der Waals surface area contributed by atoms with Crippen LogP contribution in [0.25, 0.3) is 0 Å². The van der Waals surface area contributed by atoms with E-state index in [9.17, 15) is 58.9 Å². The SMILES string of the molecule is CCC(C)(C)C(=O)OCC(=O)OC1(C)C2CC3C1OC(=O)C3(C#N)C2.CCC(C)(C)C(=O)OCC(=O)OC1C2CC3C(C#N)(C2)C(=O)OC13C.CCC(C)(C)C(=O)OCC(=O)OC1C2CC3C1OC(=O)C3(C#N)C2. The second-order valence-corrected chi connectivity index (χ2v) is 23.8. The Balaban J connectivity index is 0.000000162. The summed E-state index contributed by atoms with van der Waals surface area (Å²) in [5.41, 5.74) is -7.16. The quantitative estimate of drug-likeness (QED) is 0.156. The van der Waals surface area contributed by atoms with Crippen LogP contribution in [-0.2, 0) is 85.8 Å². The van der Waals surface area contributed by atoms with Crippen molar-refractivity contribution in [2.24, 2.45) is 68.0 Å². The van der Waals surface area contributed by atoms with Crippen LogP contribution in [0.4, 0.5) is 0 Å². The van der Waals surface area contributed by atoms with Gasteiger partial charge in [-0.15, -0.1) is 0 Å². The Labute approximate surface area is 429 Å². The van der Waals surface area contributed by atoms with Crippen LogP contribution < -0.4 is 0 Å². The second kappa shape index (κ2) is 19.1. The van der Waals surface area contributed by atoms with Crippen molar-refractivity contribution < 1.29 is 85.8 Å². The van der Waals surface area contributed by atoms with Crippen LogP contribution in [0, 0.1) is 102 Å². The molecule has 21 heteroatoms. The summed E-state index contributed by atoms with van der Waals surface area (Å²) in [6.07, 6.45) is 2.42. The lowest BCUT2D eigenvalue weighted by atomic mass is 9.69. The molecule has 3 heterocycles. The van der Waals surface area contributed by atoms with E-state index in [2.05, 4.69) is 18.2 Å². The fraction of sp³-hybridized carbons (Fsp3) is 0.774. The van der Waals surface area contributed by atoms with Gasteiger partial charge in [0.15, 0.2) is 41.7 Å². The number of esters is 9. The van der Waals surface area contributed by atoms with E-state index in [4.69, 9.17) is 42.6 Å². The van der Waals surface area contributed by atoms with Crippen LogP contribution in [0.2, 0.25) is 0 Å². The first-order chi connectivity index (χ1) is 34.5. The summed E-state index contributed by atoms with van der Waals surface area (Å²) in [5.74, 6) is -5.85. The zero-order chi connectivity index (χ0) is 54.9. The molecule has 74 heavy (non-hydrogen) atoms. The smallest absolute Gasteiger partial charge is 0.344 e. The minimum Gasteiger partial charge on any atom is -0.457 e. The van der Waals surface area contributed by atoms with Crippen molar-refractivity contribution in [3.63, 3.8) is 0 Å². The summed E-state index contributed by atoms with van der Waals surface area (Å²) in [6.45, 7) is 18.1. The maximum Gasteiger partial charge on any atom is 0.344 e. The van der Waals surface area contributed by atoms with Gasteiger partial charge in [0.2, 0.25) is 0 Å². The fourth-order valence-electron chi connectivity index (χ4n) is 12.7. The molecule has 6 bridgehead atoms. The fourth-order valence-corrected chi connectivity index (χ4v) is 12.7. The lowest BCUT2D eigenvalue weighted by Gasteiger charge is -2.37. The van der Waals surface area contributed by atoms with Gasteiger partial charge in [-0.3, -0.25) is 28.8 Å². The molecule has 0 N–H and O–H groups in total. The number of nitriles is 3.